The Kier molecular flexibility index (Phi) is 5.63. The first-order valence-electron chi connectivity index (χ1n) is 6.79. The number of nitrogens with zero attached hydrogens (tertiary/aromatic N) is 1. The van der Waals surface area contributed by atoms with Crippen LogP contribution in [-0.2, 0) is 10.5 Å². The van der Waals surface area contributed by atoms with Crippen LogP contribution in [-0.4, -0.2) is 17.6 Å². The van der Waals surface area contributed by atoms with Gasteiger partial charge < -0.3 is 10.5 Å². The van der Waals surface area contributed by atoms with Crippen LogP contribution in [0.15, 0.2) is 47.5 Å². The minimum Gasteiger partial charge on any atom is -0.462 e. The van der Waals surface area contributed by atoms with Gasteiger partial charge in [0.2, 0.25) is 0 Å². The highest BCUT2D eigenvalue weighted by Gasteiger charge is 2.07. The van der Waals surface area contributed by atoms with E-state index in [1.165, 1.54) is 0 Å². The molecule has 1 heterocycles. The molecule has 110 valence electrons. The van der Waals surface area contributed by atoms with Crippen LogP contribution >= 0.6 is 11.8 Å². The number of carbonyl (C=O) groups excluding carboxylic acids is 1. The van der Waals surface area contributed by atoms with E-state index >= 15 is 0 Å². The van der Waals surface area contributed by atoms with Gasteiger partial charge in [-0.25, -0.2) is 9.78 Å². The summed E-state index contributed by atoms with van der Waals surface area (Å²) in [5.41, 5.74) is 7.22. The number of anilines is 1. The normalized spacial score (nSPS) is 10.3. The zero-order chi connectivity index (χ0) is 15.1. The van der Waals surface area contributed by atoms with E-state index in [-0.39, 0.29) is 5.97 Å². The fraction of sp³-hybridized carbons (Fsp3) is 0.250. The average Bonchev–Trinajstić information content (AvgIpc) is 2.52. The van der Waals surface area contributed by atoms with Crippen molar-refractivity contribution in [1.29, 1.82) is 0 Å². The Labute approximate surface area is 128 Å². The molecule has 0 saturated heterocycles. The topological polar surface area (TPSA) is 65.2 Å². The number of esters is 1. The molecule has 5 heteroatoms. The zero-order valence-electron chi connectivity index (χ0n) is 11.9. The maximum absolute atomic E-state index is 11.8. The summed E-state index contributed by atoms with van der Waals surface area (Å²) in [5, 5.41) is 0. The number of nitrogens with two attached hydrogens (primary N) is 1. The minimum atomic E-state index is -0.266. The van der Waals surface area contributed by atoms with Crippen LogP contribution < -0.4 is 5.73 Å². The van der Waals surface area contributed by atoms with Gasteiger partial charge in [0.25, 0.3) is 0 Å². The van der Waals surface area contributed by atoms with E-state index in [2.05, 4.69) is 4.98 Å². The molecular weight excluding hydrogens is 284 g/mol. The first kappa shape index (κ1) is 15.4. The van der Waals surface area contributed by atoms with Crippen LogP contribution in [0.1, 0.15) is 29.3 Å². The first-order chi connectivity index (χ1) is 10.2. The summed E-state index contributed by atoms with van der Waals surface area (Å²) in [5.74, 6) is 1.01. The monoisotopic (exact) mass is 302 g/mol. The van der Waals surface area contributed by atoms with Gasteiger partial charge in [0, 0.05) is 16.8 Å². The van der Waals surface area contributed by atoms with Gasteiger partial charge in [-0.05, 0) is 36.2 Å². The molecule has 0 spiro atoms. The lowest BCUT2D eigenvalue weighted by Crippen LogP contribution is -2.06. The number of nitrogen functional groups attached to an aromatic ring is 1. The number of hydrogen-bond donors (Lipinski definition) is 1. The van der Waals surface area contributed by atoms with E-state index in [9.17, 15) is 4.79 Å². The van der Waals surface area contributed by atoms with Gasteiger partial charge in [-0.2, -0.15) is 0 Å². The van der Waals surface area contributed by atoms with Crippen molar-refractivity contribution in [3.8, 4) is 0 Å². The van der Waals surface area contributed by atoms with Crippen LogP contribution in [0.4, 0.5) is 5.82 Å². The first-order valence-corrected chi connectivity index (χ1v) is 7.78. The van der Waals surface area contributed by atoms with Gasteiger partial charge in [0.15, 0.2) is 0 Å². The second-order valence-electron chi connectivity index (χ2n) is 4.54. The summed E-state index contributed by atoms with van der Waals surface area (Å²) in [7, 11) is 0. The predicted molar refractivity (Wildman–Crippen MR) is 85.2 cm³/mol. The largest absolute Gasteiger partial charge is 0.462 e. The van der Waals surface area contributed by atoms with E-state index in [1.807, 2.05) is 31.2 Å². The summed E-state index contributed by atoms with van der Waals surface area (Å²) >= 11 is 1.65. The van der Waals surface area contributed by atoms with Crippen molar-refractivity contribution < 1.29 is 9.53 Å². The maximum Gasteiger partial charge on any atom is 0.338 e. The summed E-state index contributed by atoms with van der Waals surface area (Å²) in [6.45, 7) is 2.43. The number of rotatable bonds is 6. The number of pyridine rings is 1. The van der Waals surface area contributed by atoms with Gasteiger partial charge in [-0.1, -0.05) is 19.1 Å². The van der Waals surface area contributed by atoms with Gasteiger partial charge in [-0.15, -0.1) is 11.8 Å². The van der Waals surface area contributed by atoms with E-state index in [1.54, 1.807) is 30.1 Å². The third-order valence-corrected chi connectivity index (χ3v) is 3.82. The van der Waals surface area contributed by atoms with Gasteiger partial charge in [0.05, 0.1) is 12.2 Å². The SMILES string of the molecule is CCCOC(=O)c1cccc(CSc2ccc(N)nc2)c1. The average molecular weight is 302 g/mol. The zero-order valence-corrected chi connectivity index (χ0v) is 12.7. The molecule has 4 nitrogen and oxygen atoms in total. The molecule has 1 aromatic carbocycles. The van der Waals surface area contributed by atoms with Crippen molar-refractivity contribution >= 4 is 23.5 Å². The number of thioether (sulfide) groups is 1. The Morgan fingerprint density at radius 3 is 2.90 bits per heavy atom. The molecule has 0 fully saturated rings. The molecule has 0 atom stereocenters. The molecule has 0 aliphatic heterocycles. The predicted octanol–water partition coefficient (Wildman–Crippen LogP) is 3.52. The fourth-order valence-corrected chi connectivity index (χ4v) is 2.51. The Morgan fingerprint density at radius 2 is 2.19 bits per heavy atom. The maximum atomic E-state index is 11.8. The van der Waals surface area contributed by atoms with Crippen LogP contribution in [0.2, 0.25) is 0 Å². The fourth-order valence-electron chi connectivity index (χ4n) is 1.71. The highest BCUT2D eigenvalue weighted by molar-refractivity contribution is 7.98. The van der Waals surface area contributed by atoms with E-state index in [4.69, 9.17) is 10.5 Å². The summed E-state index contributed by atoms with van der Waals surface area (Å²) < 4.78 is 5.14. The lowest BCUT2D eigenvalue weighted by atomic mass is 10.1. The number of carbonyl (C=O) groups is 1. The molecule has 0 bridgehead atoms. The van der Waals surface area contributed by atoms with Crippen molar-refractivity contribution in [2.45, 2.75) is 24.0 Å². The Morgan fingerprint density at radius 1 is 1.33 bits per heavy atom. The van der Waals surface area contributed by atoms with Crippen LogP contribution in [0, 0.1) is 0 Å². The molecule has 0 aliphatic carbocycles. The van der Waals surface area contributed by atoms with Crippen LogP contribution in [0.25, 0.3) is 0 Å². The minimum absolute atomic E-state index is 0.266. The molecular formula is C16H18N2O2S. The van der Waals surface area contributed by atoms with E-state index < -0.39 is 0 Å². The summed E-state index contributed by atoms with van der Waals surface area (Å²) in [6.07, 6.45) is 2.57. The Balaban J connectivity index is 1.97. The van der Waals surface area contributed by atoms with Crippen molar-refractivity contribution in [3.05, 3.63) is 53.7 Å². The molecule has 1 aromatic heterocycles. The molecule has 2 N–H and O–H groups in total. The molecule has 0 amide bonds. The van der Waals surface area contributed by atoms with Crippen LogP contribution in [0.3, 0.4) is 0 Å². The highest BCUT2D eigenvalue weighted by Crippen LogP contribution is 2.23. The van der Waals surface area contributed by atoms with Gasteiger partial charge in [0.1, 0.15) is 5.82 Å². The Bertz CT molecular complexity index is 599. The lowest BCUT2D eigenvalue weighted by Gasteiger charge is -2.06. The van der Waals surface area contributed by atoms with E-state index in [0.29, 0.717) is 18.0 Å². The lowest BCUT2D eigenvalue weighted by molar-refractivity contribution is 0.0505. The molecule has 2 aromatic rings. The van der Waals surface area contributed by atoms with Crippen LogP contribution in [0.5, 0.6) is 0 Å². The summed E-state index contributed by atoms with van der Waals surface area (Å²) in [6, 6.07) is 11.2. The number of ether oxygens (including phenoxy) is 1. The molecule has 0 unspecified atom stereocenters. The molecule has 0 radical (unpaired) electrons. The second kappa shape index (κ2) is 7.69. The van der Waals surface area contributed by atoms with Crippen molar-refractivity contribution in [3.63, 3.8) is 0 Å². The molecule has 21 heavy (non-hydrogen) atoms. The Hall–Kier alpha value is -2.01. The van der Waals surface area contributed by atoms with Gasteiger partial charge >= 0.3 is 5.97 Å². The molecule has 0 aliphatic rings. The van der Waals surface area contributed by atoms with Crippen molar-refractivity contribution in [2.24, 2.45) is 0 Å². The van der Waals surface area contributed by atoms with Crippen molar-refractivity contribution in [1.82, 2.24) is 4.98 Å². The standard InChI is InChI=1S/C16H18N2O2S/c1-2-8-20-16(19)13-5-3-4-12(9-13)11-21-14-6-7-15(17)18-10-14/h3-7,9-10H,2,8,11H2,1H3,(H2,17,18). The number of hydrogen-bond acceptors (Lipinski definition) is 5. The van der Waals surface area contributed by atoms with Gasteiger partial charge in [-0.3, -0.25) is 0 Å². The quantitative estimate of drug-likeness (QED) is 0.653. The number of benzene rings is 1. The van der Waals surface area contributed by atoms with E-state index in [0.717, 1.165) is 22.6 Å². The molecule has 0 saturated carbocycles. The highest BCUT2D eigenvalue weighted by atomic mass is 32.2. The third kappa shape index (κ3) is 4.79. The third-order valence-electron chi connectivity index (χ3n) is 2.76. The second-order valence-corrected chi connectivity index (χ2v) is 5.59. The smallest absolute Gasteiger partial charge is 0.338 e. The summed E-state index contributed by atoms with van der Waals surface area (Å²) in [4.78, 5) is 16.9. The van der Waals surface area contributed by atoms with Crippen molar-refractivity contribution in [2.75, 3.05) is 12.3 Å². The molecule has 2 rings (SSSR count). The number of aromatic nitrogens is 1.